The van der Waals surface area contributed by atoms with Crippen molar-refractivity contribution in [3.8, 4) is 0 Å². The topological polar surface area (TPSA) is 89.3 Å². The molecular formula is C16H18N2O4S. The van der Waals surface area contributed by atoms with Crippen LogP contribution in [0.15, 0.2) is 47.4 Å². The van der Waals surface area contributed by atoms with E-state index in [-0.39, 0.29) is 4.90 Å². The number of rotatable bonds is 6. The highest BCUT2D eigenvalue weighted by Crippen LogP contribution is 2.27. The van der Waals surface area contributed by atoms with Crippen molar-refractivity contribution in [1.82, 2.24) is 0 Å². The second kappa shape index (κ2) is 6.78. The average Bonchev–Trinajstić information content (AvgIpc) is 2.52. The number of sulfone groups is 1. The average molecular weight is 334 g/mol. The molecule has 0 fully saturated rings. The summed E-state index contributed by atoms with van der Waals surface area (Å²) in [6.07, 6.45) is 1.86. The van der Waals surface area contributed by atoms with Gasteiger partial charge in [-0.15, -0.1) is 0 Å². The third-order valence-electron chi connectivity index (χ3n) is 3.54. The molecule has 1 N–H and O–H groups in total. The number of anilines is 1. The molecule has 0 saturated carbocycles. The van der Waals surface area contributed by atoms with E-state index in [2.05, 4.69) is 12.2 Å². The van der Waals surface area contributed by atoms with Gasteiger partial charge in [-0.1, -0.05) is 31.2 Å². The molecule has 2 rings (SSSR count). The standard InChI is InChI=1S/C16H18N2O4S/c1-3-12-6-4-5-7-13(12)11-17-14-8-9-15(18(19)20)16(10-14)23(2,21)22/h4-10,17H,3,11H2,1-2H3. The van der Waals surface area contributed by atoms with Crippen molar-refractivity contribution >= 4 is 21.2 Å². The minimum Gasteiger partial charge on any atom is -0.381 e. The smallest absolute Gasteiger partial charge is 0.288 e. The third-order valence-corrected chi connectivity index (χ3v) is 4.66. The highest BCUT2D eigenvalue weighted by Gasteiger charge is 2.22. The molecule has 122 valence electrons. The maximum atomic E-state index is 11.8. The van der Waals surface area contributed by atoms with E-state index in [0.29, 0.717) is 12.2 Å². The van der Waals surface area contributed by atoms with Crippen molar-refractivity contribution < 1.29 is 13.3 Å². The van der Waals surface area contributed by atoms with Gasteiger partial charge in [0.1, 0.15) is 4.90 Å². The Kier molecular flexibility index (Phi) is 5.00. The normalized spacial score (nSPS) is 11.2. The maximum Gasteiger partial charge on any atom is 0.288 e. The summed E-state index contributed by atoms with van der Waals surface area (Å²) in [4.78, 5) is 9.99. The summed E-state index contributed by atoms with van der Waals surface area (Å²) in [5, 5.41) is 14.1. The first-order valence-corrected chi connectivity index (χ1v) is 9.01. The number of hydrogen-bond donors (Lipinski definition) is 1. The third kappa shape index (κ3) is 4.07. The van der Waals surface area contributed by atoms with Gasteiger partial charge in [-0.05, 0) is 29.7 Å². The molecule has 0 bridgehead atoms. The molecule has 2 aromatic carbocycles. The molecule has 2 aromatic rings. The predicted molar refractivity (Wildman–Crippen MR) is 89.4 cm³/mol. The molecule has 0 aliphatic rings. The molecule has 0 aromatic heterocycles. The summed E-state index contributed by atoms with van der Waals surface area (Å²) < 4.78 is 23.5. The molecule has 0 unspecified atom stereocenters. The summed E-state index contributed by atoms with van der Waals surface area (Å²) in [5.74, 6) is 0. The first kappa shape index (κ1) is 17.0. The number of nitro benzene ring substituents is 1. The first-order chi connectivity index (χ1) is 10.8. The Bertz CT molecular complexity index is 832. The Morgan fingerprint density at radius 1 is 1.13 bits per heavy atom. The molecule has 7 heteroatoms. The molecule has 0 spiro atoms. The highest BCUT2D eigenvalue weighted by atomic mass is 32.2. The van der Waals surface area contributed by atoms with Crippen molar-refractivity contribution in [3.05, 3.63) is 63.7 Å². The van der Waals surface area contributed by atoms with Crippen LogP contribution in [0.2, 0.25) is 0 Å². The van der Waals surface area contributed by atoms with Crippen LogP contribution in [0.25, 0.3) is 0 Å². The minimum absolute atomic E-state index is 0.281. The van der Waals surface area contributed by atoms with Crippen LogP contribution < -0.4 is 5.32 Å². The second-order valence-corrected chi connectivity index (χ2v) is 7.17. The van der Waals surface area contributed by atoms with Crippen molar-refractivity contribution in [3.63, 3.8) is 0 Å². The number of aryl methyl sites for hydroxylation is 1. The lowest BCUT2D eigenvalue weighted by Gasteiger charge is -2.11. The van der Waals surface area contributed by atoms with E-state index in [1.165, 1.54) is 23.8 Å². The van der Waals surface area contributed by atoms with Gasteiger partial charge >= 0.3 is 0 Å². The summed E-state index contributed by atoms with van der Waals surface area (Å²) in [6.45, 7) is 2.58. The first-order valence-electron chi connectivity index (χ1n) is 7.12. The number of nitrogens with one attached hydrogen (secondary N) is 1. The Balaban J connectivity index is 2.29. The number of nitrogens with zero attached hydrogens (tertiary/aromatic N) is 1. The highest BCUT2D eigenvalue weighted by molar-refractivity contribution is 7.90. The van der Waals surface area contributed by atoms with E-state index in [4.69, 9.17) is 0 Å². The van der Waals surface area contributed by atoms with Crippen LogP contribution in [-0.4, -0.2) is 19.6 Å². The van der Waals surface area contributed by atoms with E-state index in [9.17, 15) is 18.5 Å². The Morgan fingerprint density at radius 3 is 2.35 bits per heavy atom. The van der Waals surface area contributed by atoms with Crippen LogP contribution in [0.5, 0.6) is 0 Å². The van der Waals surface area contributed by atoms with Crippen molar-refractivity contribution in [2.24, 2.45) is 0 Å². The number of hydrogen-bond acceptors (Lipinski definition) is 5. The molecule has 0 amide bonds. The van der Waals surface area contributed by atoms with Gasteiger partial charge in [0.15, 0.2) is 9.84 Å². The lowest BCUT2D eigenvalue weighted by molar-refractivity contribution is -0.387. The summed E-state index contributed by atoms with van der Waals surface area (Å²) in [7, 11) is -3.68. The van der Waals surface area contributed by atoms with Crippen LogP contribution in [-0.2, 0) is 22.8 Å². The summed E-state index contributed by atoms with van der Waals surface area (Å²) in [5.41, 5.74) is 2.42. The summed E-state index contributed by atoms with van der Waals surface area (Å²) >= 11 is 0. The van der Waals surface area contributed by atoms with Crippen molar-refractivity contribution in [1.29, 1.82) is 0 Å². The van der Waals surface area contributed by atoms with Gasteiger partial charge in [0.25, 0.3) is 5.69 Å². The molecule has 0 heterocycles. The second-order valence-electron chi connectivity index (χ2n) is 5.19. The van der Waals surface area contributed by atoms with Crippen LogP contribution >= 0.6 is 0 Å². The molecule has 0 saturated heterocycles. The SMILES string of the molecule is CCc1ccccc1CNc1ccc([N+](=O)[O-])c(S(C)(=O)=O)c1. The zero-order chi connectivity index (χ0) is 17.0. The van der Waals surface area contributed by atoms with Crippen LogP contribution in [0.3, 0.4) is 0 Å². The molecule has 0 atom stereocenters. The lowest BCUT2D eigenvalue weighted by Crippen LogP contribution is -2.06. The Labute approximate surface area is 135 Å². The van der Waals surface area contributed by atoms with E-state index in [0.717, 1.165) is 18.2 Å². The van der Waals surface area contributed by atoms with Gasteiger partial charge in [0.2, 0.25) is 0 Å². The molecule has 0 radical (unpaired) electrons. The van der Waals surface area contributed by atoms with Crippen LogP contribution in [0, 0.1) is 10.1 Å². The van der Waals surface area contributed by atoms with E-state index < -0.39 is 20.4 Å². The molecule has 0 aliphatic heterocycles. The van der Waals surface area contributed by atoms with E-state index >= 15 is 0 Å². The Morgan fingerprint density at radius 2 is 1.78 bits per heavy atom. The molecule has 23 heavy (non-hydrogen) atoms. The minimum atomic E-state index is -3.68. The maximum absolute atomic E-state index is 11.8. The monoisotopic (exact) mass is 334 g/mol. The van der Waals surface area contributed by atoms with Crippen molar-refractivity contribution in [2.75, 3.05) is 11.6 Å². The fraction of sp³-hybridized carbons (Fsp3) is 0.250. The largest absolute Gasteiger partial charge is 0.381 e. The van der Waals surface area contributed by atoms with Crippen molar-refractivity contribution in [2.45, 2.75) is 24.8 Å². The fourth-order valence-corrected chi connectivity index (χ4v) is 3.21. The lowest BCUT2D eigenvalue weighted by atomic mass is 10.1. The van der Waals surface area contributed by atoms with E-state index in [1.54, 1.807) is 0 Å². The number of benzene rings is 2. The van der Waals surface area contributed by atoms with Crippen LogP contribution in [0.1, 0.15) is 18.1 Å². The quantitative estimate of drug-likeness (QED) is 0.647. The summed E-state index contributed by atoms with van der Waals surface area (Å²) in [6, 6.07) is 12.0. The zero-order valence-corrected chi connectivity index (χ0v) is 13.8. The molecule has 0 aliphatic carbocycles. The molecule has 6 nitrogen and oxygen atoms in total. The van der Waals surface area contributed by atoms with Gasteiger partial charge < -0.3 is 5.32 Å². The van der Waals surface area contributed by atoms with Gasteiger partial charge in [0.05, 0.1) is 4.92 Å². The Hall–Kier alpha value is -2.41. The molecular weight excluding hydrogens is 316 g/mol. The van der Waals surface area contributed by atoms with Gasteiger partial charge in [-0.2, -0.15) is 0 Å². The van der Waals surface area contributed by atoms with Gasteiger partial charge in [-0.3, -0.25) is 10.1 Å². The zero-order valence-electron chi connectivity index (χ0n) is 12.9. The van der Waals surface area contributed by atoms with Gasteiger partial charge in [-0.25, -0.2) is 8.42 Å². The number of nitro groups is 1. The van der Waals surface area contributed by atoms with Gasteiger partial charge in [0, 0.05) is 24.6 Å². The predicted octanol–water partition coefficient (Wildman–Crippen LogP) is 3.17. The fourth-order valence-electron chi connectivity index (χ4n) is 2.34. The van der Waals surface area contributed by atoms with Crippen LogP contribution in [0.4, 0.5) is 11.4 Å². The van der Waals surface area contributed by atoms with E-state index in [1.807, 2.05) is 24.3 Å².